The van der Waals surface area contributed by atoms with E-state index in [0.29, 0.717) is 19.5 Å². The molecule has 0 saturated heterocycles. The van der Waals surface area contributed by atoms with Gasteiger partial charge in [0.1, 0.15) is 17.3 Å². The lowest BCUT2D eigenvalue weighted by Crippen LogP contribution is -2.36. The summed E-state index contributed by atoms with van der Waals surface area (Å²) < 4.78 is 18.6. The Bertz CT molecular complexity index is 1770. The first-order chi connectivity index (χ1) is 19.6. The van der Waals surface area contributed by atoms with E-state index in [9.17, 15) is 4.79 Å². The van der Waals surface area contributed by atoms with E-state index in [4.69, 9.17) is 18.9 Å². The molecule has 8 nitrogen and oxygen atoms in total. The summed E-state index contributed by atoms with van der Waals surface area (Å²) in [5.74, 6) is 2.18. The van der Waals surface area contributed by atoms with Gasteiger partial charge in [0.2, 0.25) is 0 Å². The highest BCUT2D eigenvalue weighted by Crippen LogP contribution is 2.34. The summed E-state index contributed by atoms with van der Waals surface area (Å²) in [4.78, 5) is 21.0. The number of ether oxygens (including phenoxy) is 2. The lowest BCUT2D eigenvalue weighted by molar-refractivity contribution is 0.204. The molecule has 0 aliphatic rings. The van der Waals surface area contributed by atoms with E-state index in [-0.39, 0.29) is 6.03 Å². The molecule has 0 spiro atoms. The summed E-state index contributed by atoms with van der Waals surface area (Å²) in [5, 5.41) is 7.27. The van der Waals surface area contributed by atoms with Crippen LogP contribution >= 0.6 is 11.3 Å². The number of hydrogen-bond acceptors (Lipinski definition) is 6. The zero-order valence-corrected chi connectivity index (χ0v) is 23.0. The molecule has 0 atom stereocenters. The van der Waals surface area contributed by atoms with Crippen molar-refractivity contribution < 1.29 is 18.7 Å². The van der Waals surface area contributed by atoms with Crippen molar-refractivity contribution in [2.75, 3.05) is 26.1 Å². The van der Waals surface area contributed by atoms with Crippen LogP contribution in [0.4, 0.5) is 10.5 Å². The molecule has 9 heteroatoms. The number of nitrogens with one attached hydrogen (secondary N) is 1. The largest absolute Gasteiger partial charge is 0.497 e. The second-order valence-corrected chi connectivity index (χ2v) is 10.1. The number of nitrogens with zero attached hydrogens (tertiary/aromatic N) is 3. The van der Waals surface area contributed by atoms with Crippen molar-refractivity contribution in [2.24, 2.45) is 0 Å². The first-order valence-corrected chi connectivity index (χ1v) is 13.7. The number of furan rings is 1. The SMILES string of the molecule is COc1ccc(OC)c(-c2cn3c(CCN(Cc4ccco4)C(=O)Nc4cccc5ccccc45)csc3n2)c1. The van der Waals surface area contributed by atoms with E-state index in [0.717, 1.165) is 55.6 Å². The number of aromatic nitrogens is 2. The monoisotopic (exact) mass is 552 g/mol. The van der Waals surface area contributed by atoms with Crippen molar-refractivity contribution in [1.29, 1.82) is 0 Å². The number of benzene rings is 3. The highest BCUT2D eigenvalue weighted by molar-refractivity contribution is 7.15. The number of carbonyl (C=O) groups excluding carboxylic acids is 1. The summed E-state index contributed by atoms with van der Waals surface area (Å²) >= 11 is 1.56. The first kappa shape index (κ1) is 25.5. The summed E-state index contributed by atoms with van der Waals surface area (Å²) in [6.45, 7) is 0.839. The molecule has 202 valence electrons. The van der Waals surface area contributed by atoms with Crippen molar-refractivity contribution in [2.45, 2.75) is 13.0 Å². The van der Waals surface area contributed by atoms with Crippen molar-refractivity contribution in [3.05, 3.63) is 102 Å². The van der Waals surface area contributed by atoms with Crippen LogP contribution in [0, 0.1) is 0 Å². The Hall–Kier alpha value is -4.76. The Morgan fingerprint density at radius 1 is 1.05 bits per heavy atom. The van der Waals surface area contributed by atoms with Crippen molar-refractivity contribution in [1.82, 2.24) is 14.3 Å². The van der Waals surface area contributed by atoms with Crippen LogP contribution in [0.25, 0.3) is 27.0 Å². The third kappa shape index (κ3) is 5.11. The number of rotatable bonds is 9. The van der Waals surface area contributed by atoms with Gasteiger partial charge in [-0.25, -0.2) is 9.78 Å². The molecule has 2 amide bonds. The second-order valence-electron chi connectivity index (χ2n) is 9.28. The molecule has 0 saturated carbocycles. The summed E-state index contributed by atoms with van der Waals surface area (Å²) in [6.07, 6.45) is 4.26. The molecule has 0 unspecified atom stereocenters. The van der Waals surface area contributed by atoms with Crippen LogP contribution in [-0.2, 0) is 13.0 Å². The standard InChI is InChI=1S/C31H28N4O4S/c1-37-23-12-13-29(38-2)26(17-23)28-19-35-22(20-40-31(35)33-28)14-15-34(18-24-9-6-16-39-24)30(36)32-27-11-5-8-21-7-3-4-10-25(21)27/h3-13,16-17,19-20H,14-15,18H2,1-2H3,(H,32,36). The van der Waals surface area contributed by atoms with E-state index in [1.807, 2.05) is 79.0 Å². The zero-order valence-electron chi connectivity index (χ0n) is 22.2. The van der Waals surface area contributed by atoms with Gasteiger partial charge < -0.3 is 24.1 Å². The number of hydrogen-bond donors (Lipinski definition) is 1. The fraction of sp³-hybridized carbons (Fsp3) is 0.161. The molecule has 6 rings (SSSR count). The van der Waals surface area contributed by atoms with E-state index in [1.165, 1.54) is 0 Å². The average Bonchev–Trinajstić information content (AvgIpc) is 3.74. The Labute approximate surface area is 235 Å². The maximum Gasteiger partial charge on any atom is 0.322 e. The summed E-state index contributed by atoms with van der Waals surface area (Å²) in [7, 11) is 3.28. The van der Waals surface area contributed by atoms with Gasteiger partial charge in [0.25, 0.3) is 0 Å². The fourth-order valence-corrected chi connectivity index (χ4v) is 5.68. The molecule has 1 N–H and O–H groups in total. The minimum absolute atomic E-state index is 0.188. The van der Waals surface area contributed by atoms with E-state index in [2.05, 4.69) is 15.1 Å². The smallest absolute Gasteiger partial charge is 0.322 e. The van der Waals surface area contributed by atoms with Crippen LogP contribution in [0.5, 0.6) is 11.5 Å². The van der Waals surface area contributed by atoms with Gasteiger partial charge in [0.15, 0.2) is 4.96 Å². The van der Waals surface area contributed by atoms with E-state index < -0.39 is 0 Å². The van der Waals surface area contributed by atoms with Crippen LogP contribution in [-0.4, -0.2) is 41.1 Å². The molecule has 0 fully saturated rings. The average molecular weight is 553 g/mol. The molecule has 40 heavy (non-hydrogen) atoms. The minimum atomic E-state index is -0.188. The molecular formula is C31H28N4O4S. The van der Waals surface area contributed by atoms with Crippen molar-refractivity contribution in [3.8, 4) is 22.8 Å². The van der Waals surface area contributed by atoms with Crippen molar-refractivity contribution in [3.63, 3.8) is 0 Å². The third-order valence-corrected chi connectivity index (χ3v) is 7.74. The molecule has 6 aromatic rings. The quantitative estimate of drug-likeness (QED) is 0.207. The number of anilines is 1. The Morgan fingerprint density at radius 3 is 2.75 bits per heavy atom. The van der Waals surface area contributed by atoms with Crippen LogP contribution < -0.4 is 14.8 Å². The Balaban J connectivity index is 1.25. The van der Waals surface area contributed by atoms with Crippen LogP contribution in [0.2, 0.25) is 0 Å². The van der Waals surface area contributed by atoms with Crippen LogP contribution in [0.1, 0.15) is 11.5 Å². The maximum absolute atomic E-state index is 13.6. The fourth-order valence-electron chi connectivity index (χ4n) is 4.77. The van der Waals surface area contributed by atoms with Gasteiger partial charge in [-0.05, 0) is 41.8 Å². The molecule has 3 aromatic carbocycles. The van der Waals surface area contributed by atoms with Crippen molar-refractivity contribution >= 4 is 38.8 Å². The maximum atomic E-state index is 13.6. The lowest BCUT2D eigenvalue weighted by Gasteiger charge is -2.22. The van der Waals surface area contributed by atoms with Gasteiger partial charge in [0, 0.05) is 41.2 Å². The zero-order chi connectivity index (χ0) is 27.5. The highest BCUT2D eigenvalue weighted by Gasteiger charge is 2.19. The second kappa shape index (κ2) is 11.2. The lowest BCUT2D eigenvalue weighted by atomic mass is 10.1. The van der Waals surface area contributed by atoms with Gasteiger partial charge in [0.05, 0.1) is 38.4 Å². The number of urea groups is 1. The molecular weight excluding hydrogens is 524 g/mol. The predicted octanol–water partition coefficient (Wildman–Crippen LogP) is 7.10. The van der Waals surface area contributed by atoms with Gasteiger partial charge in [-0.3, -0.25) is 4.40 Å². The Morgan fingerprint density at radius 2 is 1.93 bits per heavy atom. The van der Waals surface area contributed by atoms with Gasteiger partial charge in [-0.15, -0.1) is 11.3 Å². The molecule has 0 radical (unpaired) electrons. The predicted molar refractivity (Wildman–Crippen MR) is 157 cm³/mol. The number of imidazole rings is 1. The van der Waals surface area contributed by atoms with Crippen LogP contribution in [0.3, 0.4) is 0 Å². The number of thiazole rings is 1. The van der Waals surface area contributed by atoms with Crippen LogP contribution in [0.15, 0.2) is 95.1 Å². The van der Waals surface area contributed by atoms with Gasteiger partial charge in [-0.2, -0.15) is 0 Å². The van der Waals surface area contributed by atoms with Gasteiger partial charge >= 0.3 is 6.03 Å². The van der Waals surface area contributed by atoms with E-state index in [1.54, 1.807) is 36.7 Å². The Kier molecular flexibility index (Phi) is 7.11. The summed E-state index contributed by atoms with van der Waals surface area (Å²) in [5.41, 5.74) is 3.49. The van der Waals surface area contributed by atoms with Gasteiger partial charge in [-0.1, -0.05) is 36.4 Å². The number of methoxy groups -OCH3 is 2. The van der Waals surface area contributed by atoms with E-state index >= 15 is 0 Å². The normalized spacial score (nSPS) is 11.2. The molecule has 3 aromatic heterocycles. The highest BCUT2D eigenvalue weighted by atomic mass is 32.1. The summed E-state index contributed by atoms with van der Waals surface area (Å²) in [6, 6.07) is 23.1. The molecule has 0 aliphatic heterocycles. The number of fused-ring (bicyclic) bond motifs is 2. The topological polar surface area (TPSA) is 81.2 Å². The minimum Gasteiger partial charge on any atom is -0.497 e. The third-order valence-electron chi connectivity index (χ3n) is 6.85. The number of amides is 2. The first-order valence-electron chi connectivity index (χ1n) is 12.9. The molecule has 3 heterocycles. The number of carbonyl (C=O) groups is 1. The molecule has 0 bridgehead atoms. The molecule has 0 aliphatic carbocycles.